The molecule has 2 fully saturated rings. The van der Waals surface area contributed by atoms with E-state index >= 15 is 0 Å². The second-order valence-corrected chi connectivity index (χ2v) is 7.62. The van der Waals surface area contributed by atoms with Crippen molar-refractivity contribution < 1.29 is 0 Å². The van der Waals surface area contributed by atoms with E-state index in [0.717, 1.165) is 17.9 Å². The van der Waals surface area contributed by atoms with Gasteiger partial charge >= 0.3 is 0 Å². The van der Waals surface area contributed by atoms with Gasteiger partial charge in [0.2, 0.25) is 0 Å². The average molecular weight is 313 g/mol. The SMILES string of the molecule is CC1C2CCCCC2CCN1C.Cc1cc2ccccc2n1C. The zero-order valence-electron chi connectivity index (χ0n) is 15.3. The van der Waals surface area contributed by atoms with Crippen molar-refractivity contribution in [2.45, 2.75) is 52.0 Å². The Bertz CT molecular complexity index is 640. The molecule has 2 heteroatoms. The highest BCUT2D eigenvalue weighted by Crippen LogP contribution is 2.38. The van der Waals surface area contributed by atoms with Gasteiger partial charge in [-0.25, -0.2) is 0 Å². The molecule has 2 nitrogen and oxygen atoms in total. The summed E-state index contributed by atoms with van der Waals surface area (Å²) in [6.07, 6.45) is 7.46. The summed E-state index contributed by atoms with van der Waals surface area (Å²) in [5, 5.41) is 1.33. The van der Waals surface area contributed by atoms with E-state index in [1.807, 2.05) is 0 Å². The topological polar surface area (TPSA) is 8.17 Å². The van der Waals surface area contributed by atoms with Crippen LogP contribution in [0.4, 0.5) is 0 Å². The zero-order valence-corrected chi connectivity index (χ0v) is 15.3. The summed E-state index contributed by atoms with van der Waals surface area (Å²) < 4.78 is 2.20. The van der Waals surface area contributed by atoms with Crippen molar-refractivity contribution in [1.29, 1.82) is 0 Å². The summed E-state index contributed by atoms with van der Waals surface area (Å²) >= 11 is 0. The van der Waals surface area contributed by atoms with Crippen LogP contribution in [-0.2, 0) is 7.05 Å². The Labute approximate surface area is 141 Å². The van der Waals surface area contributed by atoms with E-state index in [2.05, 4.69) is 67.7 Å². The first-order chi connectivity index (χ1) is 11.1. The summed E-state index contributed by atoms with van der Waals surface area (Å²) in [7, 11) is 4.38. The normalized spacial score (nSPS) is 28.1. The maximum Gasteiger partial charge on any atom is 0.0479 e. The molecule has 2 aromatic rings. The molecule has 126 valence electrons. The summed E-state index contributed by atoms with van der Waals surface area (Å²) in [4.78, 5) is 2.55. The average Bonchev–Trinajstić information content (AvgIpc) is 2.87. The Kier molecular flexibility index (Phi) is 5.11. The van der Waals surface area contributed by atoms with Crippen molar-refractivity contribution in [1.82, 2.24) is 9.47 Å². The lowest BCUT2D eigenvalue weighted by Gasteiger charge is -2.45. The van der Waals surface area contributed by atoms with Gasteiger partial charge in [0.15, 0.2) is 0 Å². The van der Waals surface area contributed by atoms with Crippen LogP contribution in [0.3, 0.4) is 0 Å². The van der Waals surface area contributed by atoms with E-state index < -0.39 is 0 Å². The molecule has 3 unspecified atom stereocenters. The van der Waals surface area contributed by atoms with Crippen LogP contribution in [0.5, 0.6) is 0 Å². The first kappa shape index (κ1) is 16.6. The fraction of sp³-hybridized carbons (Fsp3) is 0.619. The highest BCUT2D eigenvalue weighted by Gasteiger charge is 2.34. The number of para-hydroxylation sites is 1. The molecule has 0 N–H and O–H groups in total. The van der Waals surface area contributed by atoms with Crippen molar-refractivity contribution in [2.75, 3.05) is 13.6 Å². The minimum Gasteiger partial charge on any atom is -0.348 e. The van der Waals surface area contributed by atoms with Gasteiger partial charge in [-0.15, -0.1) is 0 Å². The van der Waals surface area contributed by atoms with Crippen molar-refractivity contribution in [3.63, 3.8) is 0 Å². The Balaban J connectivity index is 0.000000136. The molecule has 0 amide bonds. The second kappa shape index (κ2) is 7.09. The molecule has 4 rings (SSSR count). The first-order valence-corrected chi connectivity index (χ1v) is 9.29. The first-order valence-electron chi connectivity index (χ1n) is 9.29. The van der Waals surface area contributed by atoms with Gasteiger partial charge in [0, 0.05) is 24.3 Å². The summed E-state index contributed by atoms with van der Waals surface area (Å²) in [6.45, 7) is 5.88. The second-order valence-electron chi connectivity index (χ2n) is 7.62. The molecule has 1 saturated carbocycles. The van der Waals surface area contributed by atoms with Crippen LogP contribution in [0.25, 0.3) is 10.9 Å². The molecule has 1 aliphatic heterocycles. The highest BCUT2D eigenvalue weighted by molar-refractivity contribution is 5.80. The van der Waals surface area contributed by atoms with Crippen LogP contribution in [0.15, 0.2) is 30.3 Å². The molecular formula is C21H32N2. The fourth-order valence-electron chi connectivity index (χ4n) is 4.56. The van der Waals surface area contributed by atoms with Crippen LogP contribution >= 0.6 is 0 Å². The lowest BCUT2D eigenvalue weighted by molar-refractivity contribution is 0.0509. The Hall–Kier alpha value is -1.28. The van der Waals surface area contributed by atoms with Crippen molar-refractivity contribution in [2.24, 2.45) is 18.9 Å². The number of aryl methyl sites for hydroxylation is 2. The summed E-state index contributed by atoms with van der Waals surface area (Å²) in [6, 6.07) is 11.5. The third kappa shape index (κ3) is 3.47. The van der Waals surface area contributed by atoms with Crippen LogP contribution < -0.4 is 0 Å². The number of aromatic nitrogens is 1. The third-order valence-electron chi connectivity index (χ3n) is 6.33. The zero-order chi connectivity index (χ0) is 16.4. The predicted molar refractivity (Wildman–Crippen MR) is 99.8 cm³/mol. The van der Waals surface area contributed by atoms with Crippen LogP contribution in [0.2, 0.25) is 0 Å². The van der Waals surface area contributed by atoms with E-state index in [4.69, 9.17) is 0 Å². The molecule has 0 spiro atoms. The Morgan fingerprint density at radius 1 is 1.00 bits per heavy atom. The molecule has 0 bridgehead atoms. The lowest BCUT2D eigenvalue weighted by Crippen LogP contribution is -2.46. The maximum absolute atomic E-state index is 2.55. The van der Waals surface area contributed by atoms with E-state index in [9.17, 15) is 0 Å². The standard InChI is InChI=1S/C11H21N.C10H11N/c1-9-11-6-4-3-5-10(11)7-8-12(9)2;1-8-7-9-5-3-4-6-10(9)11(8)2/h9-11H,3-8H2,1-2H3;3-7H,1-2H3. The molecule has 3 atom stereocenters. The smallest absolute Gasteiger partial charge is 0.0479 e. The fourth-order valence-corrected chi connectivity index (χ4v) is 4.56. The predicted octanol–water partition coefficient (Wildman–Crippen LogP) is 5.00. The summed E-state index contributed by atoms with van der Waals surface area (Å²) in [5.74, 6) is 2.10. The minimum absolute atomic E-state index is 0.851. The number of rotatable bonds is 0. The van der Waals surface area contributed by atoms with E-state index in [1.54, 1.807) is 0 Å². The third-order valence-corrected chi connectivity index (χ3v) is 6.33. The van der Waals surface area contributed by atoms with Gasteiger partial charge in [0.1, 0.15) is 0 Å². The van der Waals surface area contributed by atoms with Gasteiger partial charge in [-0.05, 0) is 69.6 Å². The van der Waals surface area contributed by atoms with Gasteiger partial charge in [-0.1, -0.05) is 37.5 Å². The number of fused-ring (bicyclic) bond motifs is 2. The van der Waals surface area contributed by atoms with Crippen molar-refractivity contribution in [3.8, 4) is 0 Å². The van der Waals surface area contributed by atoms with Crippen LogP contribution in [-0.4, -0.2) is 29.1 Å². The number of piperidine rings is 1. The lowest BCUT2D eigenvalue weighted by atomic mass is 9.71. The van der Waals surface area contributed by atoms with E-state index in [0.29, 0.717) is 0 Å². The number of nitrogens with zero attached hydrogens (tertiary/aromatic N) is 2. The van der Waals surface area contributed by atoms with Gasteiger partial charge in [-0.2, -0.15) is 0 Å². The molecule has 1 aromatic carbocycles. The number of likely N-dealkylation sites (tertiary alicyclic amines) is 1. The molecule has 2 aliphatic rings. The summed E-state index contributed by atoms with van der Waals surface area (Å²) in [5.41, 5.74) is 2.62. The molecule has 0 radical (unpaired) electrons. The Morgan fingerprint density at radius 3 is 2.52 bits per heavy atom. The molecule has 23 heavy (non-hydrogen) atoms. The van der Waals surface area contributed by atoms with Crippen LogP contribution in [0.1, 0.15) is 44.7 Å². The monoisotopic (exact) mass is 312 g/mol. The van der Waals surface area contributed by atoms with Crippen LogP contribution in [0, 0.1) is 18.8 Å². The van der Waals surface area contributed by atoms with Gasteiger partial charge in [-0.3, -0.25) is 0 Å². The Morgan fingerprint density at radius 2 is 1.74 bits per heavy atom. The molecule has 1 aromatic heterocycles. The van der Waals surface area contributed by atoms with Crippen molar-refractivity contribution >= 4 is 10.9 Å². The number of benzene rings is 1. The maximum atomic E-state index is 2.55. The van der Waals surface area contributed by atoms with Crippen molar-refractivity contribution in [3.05, 3.63) is 36.0 Å². The molecular weight excluding hydrogens is 280 g/mol. The number of hydrogen-bond donors (Lipinski definition) is 0. The molecule has 1 saturated heterocycles. The van der Waals surface area contributed by atoms with E-state index in [-0.39, 0.29) is 0 Å². The molecule has 1 aliphatic carbocycles. The minimum atomic E-state index is 0.851. The largest absolute Gasteiger partial charge is 0.348 e. The highest BCUT2D eigenvalue weighted by atomic mass is 15.1. The molecule has 2 heterocycles. The van der Waals surface area contributed by atoms with E-state index in [1.165, 1.54) is 55.2 Å². The van der Waals surface area contributed by atoms with Gasteiger partial charge < -0.3 is 9.47 Å². The number of hydrogen-bond acceptors (Lipinski definition) is 1. The van der Waals surface area contributed by atoms with Gasteiger partial charge in [0.05, 0.1) is 0 Å². The quantitative estimate of drug-likeness (QED) is 0.664. The van der Waals surface area contributed by atoms with Gasteiger partial charge in [0.25, 0.3) is 0 Å².